The van der Waals surface area contributed by atoms with E-state index in [4.69, 9.17) is 0 Å². The summed E-state index contributed by atoms with van der Waals surface area (Å²) in [7, 11) is 2.10. The zero-order valence-corrected chi connectivity index (χ0v) is 11.5. The van der Waals surface area contributed by atoms with E-state index < -0.39 is 0 Å². The molecule has 6 heteroatoms. The molecule has 0 aliphatic carbocycles. The molecule has 2 N–H and O–H groups in total. The highest BCUT2D eigenvalue weighted by Crippen LogP contribution is 2.09. The van der Waals surface area contributed by atoms with Crippen molar-refractivity contribution in [2.75, 3.05) is 32.0 Å². The third-order valence-corrected chi connectivity index (χ3v) is 3.28. The van der Waals surface area contributed by atoms with E-state index in [0.29, 0.717) is 11.5 Å². The molecule has 2 rings (SSSR count). The van der Waals surface area contributed by atoms with E-state index in [1.54, 1.807) is 6.20 Å². The van der Waals surface area contributed by atoms with Crippen LogP contribution >= 0.6 is 0 Å². The predicted octanol–water partition coefficient (Wildman–Crippen LogP) is 0.732. The number of piperidine rings is 1. The van der Waals surface area contributed by atoms with Gasteiger partial charge in [-0.05, 0) is 39.9 Å². The number of amides is 1. The molecular formula is C13H21N5O. The summed E-state index contributed by atoms with van der Waals surface area (Å²) < 4.78 is 0. The van der Waals surface area contributed by atoms with Crippen molar-refractivity contribution in [2.24, 2.45) is 0 Å². The normalized spacial score (nSPS) is 17.2. The third-order valence-electron chi connectivity index (χ3n) is 3.28. The Kier molecular flexibility index (Phi) is 4.68. The largest absolute Gasteiger partial charge is 0.369 e. The highest BCUT2D eigenvalue weighted by molar-refractivity contribution is 5.92. The zero-order chi connectivity index (χ0) is 13.7. The van der Waals surface area contributed by atoms with Crippen LogP contribution in [-0.2, 0) is 0 Å². The fourth-order valence-electron chi connectivity index (χ4n) is 2.15. The van der Waals surface area contributed by atoms with Crippen LogP contribution in [0.25, 0.3) is 0 Å². The van der Waals surface area contributed by atoms with Crippen molar-refractivity contribution in [3.63, 3.8) is 0 Å². The Morgan fingerprint density at radius 2 is 2.16 bits per heavy atom. The molecule has 6 nitrogen and oxygen atoms in total. The summed E-state index contributed by atoms with van der Waals surface area (Å²) in [5.41, 5.74) is 0.373. The summed E-state index contributed by atoms with van der Waals surface area (Å²) in [6, 6.07) is 0.244. The summed E-state index contributed by atoms with van der Waals surface area (Å²) in [5, 5.41) is 6.08. The minimum Gasteiger partial charge on any atom is -0.369 e. The molecule has 1 aliphatic heterocycles. The van der Waals surface area contributed by atoms with Gasteiger partial charge >= 0.3 is 0 Å². The highest BCUT2D eigenvalue weighted by atomic mass is 16.1. The topological polar surface area (TPSA) is 70.2 Å². The molecule has 0 aromatic carbocycles. The van der Waals surface area contributed by atoms with Crippen molar-refractivity contribution in [2.45, 2.75) is 25.8 Å². The lowest BCUT2D eigenvalue weighted by atomic mass is 10.1. The standard InChI is InChI=1S/C13H21N5O/c1-3-15-12-9-14-8-11(17-12)13(19)16-10-4-6-18(2)7-5-10/h8-10H,3-7H2,1-2H3,(H,15,17)(H,16,19). The number of likely N-dealkylation sites (tertiary alicyclic amines) is 1. The maximum absolute atomic E-state index is 12.1. The molecule has 1 fully saturated rings. The van der Waals surface area contributed by atoms with E-state index in [9.17, 15) is 4.79 Å². The molecule has 2 heterocycles. The van der Waals surface area contributed by atoms with Crippen molar-refractivity contribution < 1.29 is 4.79 Å². The van der Waals surface area contributed by atoms with Crippen LogP contribution in [0.3, 0.4) is 0 Å². The van der Waals surface area contributed by atoms with Crippen molar-refractivity contribution >= 4 is 11.7 Å². The molecule has 0 unspecified atom stereocenters. The van der Waals surface area contributed by atoms with Crippen molar-refractivity contribution in [3.05, 3.63) is 18.1 Å². The van der Waals surface area contributed by atoms with Crippen LogP contribution in [0.1, 0.15) is 30.3 Å². The van der Waals surface area contributed by atoms with Gasteiger partial charge in [-0.1, -0.05) is 0 Å². The minimum absolute atomic E-state index is 0.137. The molecule has 1 amide bonds. The van der Waals surface area contributed by atoms with Crippen LogP contribution in [0.15, 0.2) is 12.4 Å². The molecular weight excluding hydrogens is 242 g/mol. The van der Waals surface area contributed by atoms with Gasteiger partial charge in [0.1, 0.15) is 11.5 Å². The Hall–Kier alpha value is -1.69. The van der Waals surface area contributed by atoms with Crippen LogP contribution in [-0.4, -0.2) is 53.5 Å². The van der Waals surface area contributed by atoms with E-state index in [0.717, 1.165) is 32.5 Å². The van der Waals surface area contributed by atoms with Crippen LogP contribution in [0, 0.1) is 0 Å². The Bertz CT molecular complexity index is 429. The van der Waals surface area contributed by atoms with Gasteiger partial charge in [-0.2, -0.15) is 0 Å². The Morgan fingerprint density at radius 1 is 1.42 bits per heavy atom. The van der Waals surface area contributed by atoms with Crippen molar-refractivity contribution in [1.82, 2.24) is 20.2 Å². The molecule has 1 aromatic rings. The first kappa shape index (κ1) is 13.7. The lowest BCUT2D eigenvalue weighted by molar-refractivity contribution is 0.0911. The maximum Gasteiger partial charge on any atom is 0.271 e. The number of nitrogens with one attached hydrogen (secondary N) is 2. The first-order chi connectivity index (χ1) is 9.19. The Labute approximate surface area is 113 Å². The molecule has 0 radical (unpaired) electrons. The van der Waals surface area contributed by atoms with Gasteiger partial charge in [0.25, 0.3) is 5.91 Å². The fourth-order valence-corrected chi connectivity index (χ4v) is 2.15. The second-order valence-corrected chi connectivity index (χ2v) is 4.87. The smallest absolute Gasteiger partial charge is 0.271 e. The molecule has 0 spiro atoms. The molecule has 104 valence electrons. The Morgan fingerprint density at radius 3 is 2.84 bits per heavy atom. The molecule has 0 atom stereocenters. The third kappa shape index (κ3) is 3.89. The van der Waals surface area contributed by atoms with Crippen LogP contribution in [0.4, 0.5) is 5.82 Å². The van der Waals surface area contributed by atoms with Gasteiger partial charge in [-0.25, -0.2) is 4.98 Å². The van der Waals surface area contributed by atoms with Crippen molar-refractivity contribution in [1.29, 1.82) is 0 Å². The fraction of sp³-hybridized carbons (Fsp3) is 0.615. The number of anilines is 1. The summed E-state index contributed by atoms with van der Waals surface area (Å²) in [4.78, 5) is 22.7. The number of rotatable bonds is 4. The van der Waals surface area contributed by atoms with Gasteiger partial charge in [-0.15, -0.1) is 0 Å². The summed E-state index contributed by atoms with van der Waals surface area (Å²) in [6.07, 6.45) is 5.10. The molecule has 19 heavy (non-hydrogen) atoms. The lowest BCUT2D eigenvalue weighted by Crippen LogP contribution is -2.43. The van der Waals surface area contributed by atoms with Crippen molar-refractivity contribution in [3.8, 4) is 0 Å². The zero-order valence-electron chi connectivity index (χ0n) is 11.5. The molecule has 1 aliphatic rings. The van der Waals surface area contributed by atoms with E-state index in [1.165, 1.54) is 6.20 Å². The average Bonchev–Trinajstić information content (AvgIpc) is 2.42. The molecule has 0 saturated carbocycles. The van der Waals surface area contributed by atoms with E-state index in [2.05, 4.69) is 32.5 Å². The number of hydrogen-bond donors (Lipinski definition) is 2. The minimum atomic E-state index is -0.137. The van der Waals surface area contributed by atoms with Gasteiger partial charge in [0, 0.05) is 12.6 Å². The number of carbonyl (C=O) groups excluding carboxylic acids is 1. The van der Waals surface area contributed by atoms with Gasteiger partial charge in [0.15, 0.2) is 0 Å². The van der Waals surface area contributed by atoms with Gasteiger partial charge < -0.3 is 15.5 Å². The maximum atomic E-state index is 12.1. The van der Waals surface area contributed by atoms with Gasteiger partial charge in [0.05, 0.1) is 12.4 Å². The first-order valence-corrected chi connectivity index (χ1v) is 6.74. The monoisotopic (exact) mass is 263 g/mol. The highest BCUT2D eigenvalue weighted by Gasteiger charge is 2.19. The first-order valence-electron chi connectivity index (χ1n) is 6.74. The predicted molar refractivity (Wildman–Crippen MR) is 74.2 cm³/mol. The molecule has 0 bridgehead atoms. The average molecular weight is 263 g/mol. The summed E-state index contributed by atoms with van der Waals surface area (Å²) in [5.74, 6) is 0.500. The van der Waals surface area contributed by atoms with E-state index in [-0.39, 0.29) is 11.9 Å². The van der Waals surface area contributed by atoms with Crippen LogP contribution in [0.5, 0.6) is 0 Å². The number of nitrogens with zero attached hydrogens (tertiary/aromatic N) is 3. The lowest BCUT2D eigenvalue weighted by Gasteiger charge is -2.29. The number of carbonyl (C=O) groups is 1. The molecule has 1 saturated heterocycles. The quantitative estimate of drug-likeness (QED) is 0.838. The van der Waals surface area contributed by atoms with Gasteiger partial charge in [-0.3, -0.25) is 9.78 Å². The van der Waals surface area contributed by atoms with Gasteiger partial charge in [0.2, 0.25) is 0 Å². The number of hydrogen-bond acceptors (Lipinski definition) is 5. The SMILES string of the molecule is CCNc1cncc(C(=O)NC2CCN(C)CC2)n1. The van der Waals surface area contributed by atoms with Crippen LogP contribution < -0.4 is 10.6 Å². The summed E-state index contributed by atoms with van der Waals surface area (Å²) >= 11 is 0. The van der Waals surface area contributed by atoms with Crippen LogP contribution in [0.2, 0.25) is 0 Å². The second kappa shape index (κ2) is 6.47. The van der Waals surface area contributed by atoms with E-state index >= 15 is 0 Å². The second-order valence-electron chi connectivity index (χ2n) is 4.87. The number of aromatic nitrogens is 2. The van der Waals surface area contributed by atoms with E-state index in [1.807, 2.05) is 6.92 Å². The Balaban J connectivity index is 1.94. The summed E-state index contributed by atoms with van der Waals surface area (Å²) in [6.45, 7) is 4.78. The molecule has 1 aromatic heterocycles.